The molecule has 0 bridgehead atoms. The molecule has 1 aromatic heterocycles. The molecule has 0 amide bonds. The van der Waals surface area contributed by atoms with Crippen LogP contribution in [0, 0.1) is 56.2 Å². The van der Waals surface area contributed by atoms with Crippen LogP contribution >= 0.6 is 0 Å². The van der Waals surface area contributed by atoms with Gasteiger partial charge in [0.25, 0.3) is 0 Å². The SMILES string of the molecule is CC1(C)CC[C@]2(n3ccnc3)CC[C@]3(C)[C@H](C(=O)C=C4[C@@]5(C)C=C(C#N)C(=O)C(C)(C)[C-]5CC[C@]43C)[C-]2C1.[Li+].[Li+]. The second kappa shape index (κ2) is 9.61. The van der Waals surface area contributed by atoms with Crippen molar-refractivity contribution >= 4 is 11.6 Å². The number of carbonyl (C=O) groups is 2. The molecule has 0 aliphatic heterocycles. The van der Waals surface area contributed by atoms with E-state index in [-0.39, 0.29) is 82.6 Å². The molecule has 1 aromatic rings. The van der Waals surface area contributed by atoms with Crippen LogP contribution in [0.1, 0.15) is 93.4 Å². The third kappa shape index (κ3) is 3.82. The van der Waals surface area contributed by atoms with Crippen molar-refractivity contribution in [1.82, 2.24) is 9.55 Å². The van der Waals surface area contributed by atoms with E-state index in [1.165, 1.54) is 5.92 Å². The van der Waals surface area contributed by atoms with E-state index in [4.69, 9.17) is 0 Å². The maximum atomic E-state index is 14.5. The Labute approximate surface area is 264 Å². The van der Waals surface area contributed by atoms with Crippen LogP contribution in [0.2, 0.25) is 0 Å². The summed E-state index contributed by atoms with van der Waals surface area (Å²) in [5, 5.41) is 9.90. The summed E-state index contributed by atoms with van der Waals surface area (Å²) in [6, 6.07) is 2.19. The average Bonchev–Trinajstić information content (AvgIpc) is 3.38. The quantitative estimate of drug-likeness (QED) is 0.401. The fraction of sp³-hybridized carbons (Fsp3) is 0.636. The van der Waals surface area contributed by atoms with Crippen molar-refractivity contribution in [3.8, 4) is 6.07 Å². The van der Waals surface area contributed by atoms with Gasteiger partial charge in [-0.05, 0) is 23.3 Å². The molecule has 3 saturated carbocycles. The number of nitrogens with zero attached hydrogens (tertiary/aromatic N) is 3. The molecule has 0 N–H and O–H groups in total. The molecule has 202 valence electrons. The third-order valence-corrected chi connectivity index (χ3v) is 12.1. The summed E-state index contributed by atoms with van der Waals surface area (Å²) < 4.78 is 2.30. The number of fused-ring (bicyclic) bond motifs is 7. The van der Waals surface area contributed by atoms with Crippen LogP contribution in [0.15, 0.2) is 42.0 Å². The van der Waals surface area contributed by atoms with E-state index in [0.29, 0.717) is 0 Å². The first-order chi connectivity index (χ1) is 17.7. The normalized spacial score (nSPS) is 40.0. The van der Waals surface area contributed by atoms with E-state index >= 15 is 0 Å². The van der Waals surface area contributed by atoms with Gasteiger partial charge in [0.1, 0.15) is 17.6 Å². The van der Waals surface area contributed by atoms with Crippen molar-refractivity contribution in [2.75, 3.05) is 0 Å². The molecule has 5 nitrogen and oxygen atoms in total. The Bertz CT molecular complexity index is 1340. The maximum Gasteiger partial charge on any atom is 1.00 e. The number of rotatable bonds is 1. The van der Waals surface area contributed by atoms with Crippen LogP contribution in [0.5, 0.6) is 0 Å². The Morgan fingerprint density at radius 3 is 2.30 bits per heavy atom. The van der Waals surface area contributed by atoms with Crippen molar-refractivity contribution in [3.63, 3.8) is 0 Å². The van der Waals surface area contributed by atoms with Gasteiger partial charge in [-0.3, -0.25) is 21.4 Å². The zero-order valence-electron chi connectivity index (χ0n) is 26.1. The van der Waals surface area contributed by atoms with E-state index in [0.717, 1.165) is 56.4 Å². The second-order valence-electron chi connectivity index (χ2n) is 14.8. The molecule has 3 fully saturated rings. The summed E-state index contributed by atoms with van der Waals surface area (Å²) in [6.45, 7) is 15.5. The predicted octanol–water partition coefficient (Wildman–Crippen LogP) is 0.736. The van der Waals surface area contributed by atoms with E-state index < -0.39 is 10.8 Å². The van der Waals surface area contributed by atoms with Gasteiger partial charge in [-0.1, -0.05) is 108 Å². The molecule has 5 aliphatic rings. The summed E-state index contributed by atoms with van der Waals surface area (Å²) in [4.78, 5) is 32.2. The molecule has 5 aliphatic carbocycles. The number of allylic oxidation sites excluding steroid dienone is 4. The fourth-order valence-electron chi connectivity index (χ4n) is 9.81. The van der Waals surface area contributed by atoms with Crippen LogP contribution in [-0.4, -0.2) is 21.1 Å². The fourth-order valence-corrected chi connectivity index (χ4v) is 9.81. The smallest absolute Gasteiger partial charge is 0.361 e. The van der Waals surface area contributed by atoms with Gasteiger partial charge in [0.05, 0.1) is 11.9 Å². The molecule has 0 radical (unpaired) electrons. The van der Waals surface area contributed by atoms with Crippen molar-refractivity contribution in [2.45, 2.75) is 99.0 Å². The van der Waals surface area contributed by atoms with Gasteiger partial charge in [-0.25, -0.2) is 4.98 Å². The van der Waals surface area contributed by atoms with Gasteiger partial charge in [0.15, 0.2) is 0 Å². The standard InChI is InChI=1S/C33H41N3O2.2Li/c1-28(2)10-12-33(36-15-14-35-20-36)13-11-32(7)26(22(33)18-28)23(37)16-25-30(5)17-21(19-34)27(38)29(3,4)24(30)8-9-31(25,32)6;;/h14-17,20,26H,8-13,18H2,1-7H3;;/q-2;2*+1/t26-,30-,31+,32+,33-;;/m0../s1. The Hall–Kier alpha value is -1.29. The second-order valence-corrected chi connectivity index (χ2v) is 14.8. The largest absolute Gasteiger partial charge is 1.00 e. The Kier molecular flexibility index (Phi) is 7.61. The average molecular weight is 526 g/mol. The van der Waals surface area contributed by atoms with Gasteiger partial charge in [0.2, 0.25) is 0 Å². The molecule has 1 heterocycles. The monoisotopic (exact) mass is 525 g/mol. The van der Waals surface area contributed by atoms with E-state index in [1.54, 1.807) is 0 Å². The van der Waals surface area contributed by atoms with Crippen molar-refractivity contribution in [2.24, 2.45) is 33.0 Å². The first-order valence-electron chi connectivity index (χ1n) is 14.3. The first kappa shape index (κ1) is 31.6. The predicted molar refractivity (Wildman–Crippen MR) is 146 cm³/mol. The van der Waals surface area contributed by atoms with Gasteiger partial charge in [0, 0.05) is 12.4 Å². The third-order valence-electron chi connectivity index (χ3n) is 12.1. The molecule has 0 saturated heterocycles. The Balaban J connectivity index is 0.00000185. The van der Waals surface area contributed by atoms with Crippen LogP contribution in [-0.2, 0) is 15.1 Å². The van der Waals surface area contributed by atoms with Crippen molar-refractivity contribution < 1.29 is 47.3 Å². The van der Waals surface area contributed by atoms with Gasteiger partial charge < -0.3 is 4.57 Å². The Morgan fingerprint density at radius 2 is 1.68 bits per heavy atom. The van der Waals surface area contributed by atoms with Crippen molar-refractivity contribution in [1.29, 1.82) is 5.26 Å². The molecule has 0 aromatic carbocycles. The molecular formula is C33H41Li2N3O2. The van der Waals surface area contributed by atoms with E-state index in [9.17, 15) is 14.9 Å². The minimum atomic E-state index is -0.719. The Morgan fingerprint density at radius 1 is 1.00 bits per heavy atom. The number of hydrogen-bond donors (Lipinski definition) is 0. The topological polar surface area (TPSA) is 75.8 Å². The minimum Gasteiger partial charge on any atom is -0.361 e. The summed E-state index contributed by atoms with van der Waals surface area (Å²) in [6.07, 6.45) is 16.6. The number of carbonyl (C=O) groups excluding carboxylic acids is 2. The van der Waals surface area contributed by atoms with Gasteiger partial charge >= 0.3 is 37.7 Å². The summed E-state index contributed by atoms with van der Waals surface area (Å²) in [5.74, 6) is 2.53. The molecule has 0 spiro atoms. The van der Waals surface area contributed by atoms with Gasteiger partial charge in [-0.15, -0.1) is 5.41 Å². The number of ketones is 2. The maximum absolute atomic E-state index is 14.5. The summed E-state index contributed by atoms with van der Waals surface area (Å²) >= 11 is 0. The van der Waals surface area contributed by atoms with E-state index in [1.807, 2.05) is 38.5 Å². The molecule has 5 atom stereocenters. The molecule has 0 unspecified atom stereocenters. The van der Waals surface area contributed by atoms with Crippen molar-refractivity contribution in [3.05, 3.63) is 53.9 Å². The number of Topliss-reactive ketones (excluding diaryl/α,β-unsaturated/α-hetero) is 1. The van der Waals surface area contributed by atoms with Crippen LogP contribution in [0.3, 0.4) is 0 Å². The first-order valence-corrected chi connectivity index (χ1v) is 14.3. The van der Waals surface area contributed by atoms with Crippen LogP contribution in [0.25, 0.3) is 0 Å². The number of imidazole rings is 1. The van der Waals surface area contributed by atoms with Crippen LogP contribution < -0.4 is 37.7 Å². The minimum absolute atomic E-state index is 0. The zero-order valence-corrected chi connectivity index (χ0v) is 26.1. The summed E-state index contributed by atoms with van der Waals surface area (Å²) in [5.41, 5.74) is -0.394. The molecular weight excluding hydrogens is 484 g/mol. The van der Waals surface area contributed by atoms with E-state index in [2.05, 4.69) is 56.4 Å². The number of aromatic nitrogens is 2. The summed E-state index contributed by atoms with van der Waals surface area (Å²) in [7, 11) is 0. The molecule has 7 heteroatoms. The van der Waals surface area contributed by atoms with Crippen LogP contribution in [0.4, 0.5) is 0 Å². The molecule has 6 rings (SSSR count). The number of nitriles is 1. The number of hydrogen-bond acceptors (Lipinski definition) is 4. The molecule has 40 heavy (non-hydrogen) atoms. The zero-order chi connectivity index (χ0) is 27.5. The van der Waals surface area contributed by atoms with Gasteiger partial charge in [-0.2, -0.15) is 18.1 Å².